The van der Waals surface area contributed by atoms with Gasteiger partial charge in [0, 0.05) is 6.26 Å². The summed E-state index contributed by atoms with van der Waals surface area (Å²) in [7, 11) is -3.23. The number of amides is 1. The van der Waals surface area contributed by atoms with E-state index in [9.17, 15) is 13.2 Å². The van der Waals surface area contributed by atoms with Crippen LogP contribution < -0.4 is 10.1 Å². The van der Waals surface area contributed by atoms with E-state index >= 15 is 0 Å². The molecule has 0 aliphatic carbocycles. The maximum Gasteiger partial charge on any atom is 0.258 e. The van der Waals surface area contributed by atoms with Gasteiger partial charge in [-0.05, 0) is 61.2 Å². The SMILES string of the molecule is CCC(NC(=O)COc1ccc(C)c(C)c1)c1ccc(S(C)(=O)=O)cc1. The van der Waals surface area contributed by atoms with Crippen LogP contribution in [0.4, 0.5) is 0 Å². The minimum Gasteiger partial charge on any atom is -0.484 e. The summed E-state index contributed by atoms with van der Waals surface area (Å²) in [5.74, 6) is 0.441. The summed E-state index contributed by atoms with van der Waals surface area (Å²) in [6.07, 6.45) is 1.86. The molecule has 0 saturated heterocycles. The molecule has 0 saturated carbocycles. The van der Waals surface area contributed by atoms with Gasteiger partial charge in [-0.1, -0.05) is 25.1 Å². The first-order valence-electron chi connectivity index (χ1n) is 8.50. The van der Waals surface area contributed by atoms with Crippen LogP contribution in [0, 0.1) is 13.8 Å². The Morgan fingerprint density at radius 3 is 2.27 bits per heavy atom. The average Bonchev–Trinajstić information content (AvgIpc) is 2.60. The number of sulfone groups is 1. The van der Waals surface area contributed by atoms with E-state index in [4.69, 9.17) is 4.74 Å². The molecule has 0 bridgehead atoms. The number of hydrogen-bond donors (Lipinski definition) is 1. The maximum atomic E-state index is 12.2. The van der Waals surface area contributed by atoms with Crippen molar-refractivity contribution in [3.63, 3.8) is 0 Å². The fourth-order valence-electron chi connectivity index (χ4n) is 2.56. The number of carbonyl (C=O) groups excluding carboxylic acids is 1. The van der Waals surface area contributed by atoms with Gasteiger partial charge in [-0.3, -0.25) is 4.79 Å². The third kappa shape index (κ3) is 5.33. The number of nitrogens with one attached hydrogen (secondary N) is 1. The molecular weight excluding hydrogens is 350 g/mol. The van der Waals surface area contributed by atoms with Crippen LogP contribution in [0.3, 0.4) is 0 Å². The molecule has 0 radical (unpaired) electrons. The molecule has 1 unspecified atom stereocenters. The van der Waals surface area contributed by atoms with Gasteiger partial charge in [0.15, 0.2) is 16.4 Å². The summed E-state index contributed by atoms with van der Waals surface area (Å²) in [6.45, 7) is 5.91. The van der Waals surface area contributed by atoms with E-state index in [1.807, 2.05) is 39.0 Å². The Morgan fingerprint density at radius 2 is 1.73 bits per heavy atom. The molecule has 1 N–H and O–H groups in total. The summed E-state index contributed by atoms with van der Waals surface area (Å²) in [4.78, 5) is 12.5. The molecule has 5 nitrogen and oxygen atoms in total. The van der Waals surface area contributed by atoms with Gasteiger partial charge >= 0.3 is 0 Å². The van der Waals surface area contributed by atoms with Crippen molar-refractivity contribution in [1.82, 2.24) is 5.32 Å². The van der Waals surface area contributed by atoms with Gasteiger partial charge in [-0.25, -0.2) is 8.42 Å². The fourth-order valence-corrected chi connectivity index (χ4v) is 3.19. The largest absolute Gasteiger partial charge is 0.484 e. The lowest BCUT2D eigenvalue weighted by atomic mass is 10.0. The van der Waals surface area contributed by atoms with Crippen molar-refractivity contribution in [2.24, 2.45) is 0 Å². The molecule has 2 aromatic carbocycles. The Morgan fingerprint density at radius 1 is 1.08 bits per heavy atom. The van der Waals surface area contributed by atoms with Gasteiger partial charge in [0.25, 0.3) is 5.91 Å². The highest BCUT2D eigenvalue weighted by atomic mass is 32.2. The zero-order chi connectivity index (χ0) is 19.3. The molecule has 0 heterocycles. The molecule has 0 aliphatic rings. The summed E-state index contributed by atoms with van der Waals surface area (Å²) in [5.41, 5.74) is 3.14. The van der Waals surface area contributed by atoms with Crippen molar-refractivity contribution in [2.45, 2.75) is 38.1 Å². The van der Waals surface area contributed by atoms with Crippen LogP contribution in [0.15, 0.2) is 47.4 Å². The standard InChI is InChI=1S/C20H25NO4S/c1-5-19(16-7-10-18(11-8-16)26(4,23)24)21-20(22)13-25-17-9-6-14(2)15(3)12-17/h6-12,19H,5,13H2,1-4H3,(H,21,22). The Labute approximate surface area is 155 Å². The Bertz CT molecular complexity index is 873. The third-order valence-electron chi connectivity index (χ3n) is 4.30. The molecule has 0 aromatic heterocycles. The second-order valence-electron chi connectivity index (χ2n) is 6.40. The number of carbonyl (C=O) groups is 1. The predicted molar refractivity (Wildman–Crippen MR) is 102 cm³/mol. The van der Waals surface area contributed by atoms with Gasteiger partial charge in [-0.15, -0.1) is 0 Å². The number of hydrogen-bond acceptors (Lipinski definition) is 4. The highest BCUT2D eigenvalue weighted by Gasteiger charge is 2.15. The zero-order valence-corrected chi connectivity index (χ0v) is 16.4. The molecule has 0 spiro atoms. The first-order valence-corrected chi connectivity index (χ1v) is 10.4. The minimum atomic E-state index is -3.23. The lowest BCUT2D eigenvalue weighted by Gasteiger charge is -2.18. The number of ether oxygens (including phenoxy) is 1. The van der Waals surface area contributed by atoms with Gasteiger partial charge in [0.1, 0.15) is 5.75 Å². The van der Waals surface area contributed by atoms with Gasteiger partial charge < -0.3 is 10.1 Å². The Hall–Kier alpha value is -2.34. The lowest BCUT2D eigenvalue weighted by Crippen LogP contribution is -2.32. The third-order valence-corrected chi connectivity index (χ3v) is 5.43. The quantitative estimate of drug-likeness (QED) is 0.805. The van der Waals surface area contributed by atoms with Gasteiger partial charge in [-0.2, -0.15) is 0 Å². The van der Waals surface area contributed by atoms with Gasteiger partial charge in [0.2, 0.25) is 0 Å². The summed E-state index contributed by atoms with van der Waals surface area (Å²) >= 11 is 0. The topological polar surface area (TPSA) is 72.5 Å². The van der Waals surface area contributed by atoms with E-state index < -0.39 is 9.84 Å². The van der Waals surface area contributed by atoms with Crippen LogP contribution in [-0.2, 0) is 14.6 Å². The molecule has 26 heavy (non-hydrogen) atoms. The molecule has 140 valence electrons. The molecule has 0 fully saturated rings. The van der Waals surface area contributed by atoms with Crippen molar-refractivity contribution in [3.8, 4) is 5.75 Å². The summed E-state index contributed by atoms with van der Waals surface area (Å²) in [5, 5.41) is 2.92. The first-order chi connectivity index (χ1) is 12.2. The summed E-state index contributed by atoms with van der Waals surface area (Å²) < 4.78 is 28.6. The molecule has 2 rings (SSSR count). The normalized spacial score (nSPS) is 12.5. The van der Waals surface area contributed by atoms with E-state index in [0.717, 1.165) is 11.1 Å². The Balaban J connectivity index is 1.98. The predicted octanol–water partition coefficient (Wildman–Crippen LogP) is 3.35. The monoisotopic (exact) mass is 375 g/mol. The van der Waals surface area contributed by atoms with Crippen molar-refractivity contribution in [2.75, 3.05) is 12.9 Å². The first kappa shape index (κ1) is 20.0. The second kappa shape index (κ2) is 8.36. The van der Waals surface area contributed by atoms with E-state index in [2.05, 4.69) is 5.32 Å². The van der Waals surface area contributed by atoms with E-state index in [1.165, 1.54) is 11.8 Å². The van der Waals surface area contributed by atoms with Crippen molar-refractivity contribution >= 4 is 15.7 Å². The van der Waals surface area contributed by atoms with E-state index in [0.29, 0.717) is 12.2 Å². The van der Waals surface area contributed by atoms with Crippen LogP contribution in [0.5, 0.6) is 5.75 Å². The number of rotatable bonds is 7. The van der Waals surface area contributed by atoms with Crippen molar-refractivity contribution in [1.29, 1.82) is 0 Å². The number of benzene rings is 2. The van der Waals surface area contributed by atoms with Crippen molar-refractivity contribution in [3.05, 3.63) is 59.2 Å². The van der Waals surface area contributed by atoms with Crippen LogP contribution in [0.25, 0.3) is 0 Å². The van der Waals surface area contributed by atoms with Crippen LogP contribution >= 0.6 is 0 Å². The smallest absolute Gasteiger partial charge is 0.258 e. The zero-order valence-electron chi connectivity index (χ0n) is 15.6. The molecule has 1 atom stereocenters. The van der Waals surface area contributed by atoms with Crippen LogP contribution in [-0.4, -0.2) is 27.2 Å². The average molecular weight is 375 g/mol. The minimum absolute atomic E-state index is 0.0690. The summed E-state index contributed by atoms with van der Waals surface area (Å²) in [6, 6.07) is 12.1. The molecule has 2 aromatic rings. The van der Waals surface area contributed by atoms with Crippen molar-refractivity contribution < 1.29 is 17.9 Å². The fraction of sp³-hybridized carbons (Fsp3) is 0.350. The molecular formula is C20H25NO4S. The van der Waals surface area contributed by atoms with Gasteiger partial charge in [0.05, 0.1) is 10.9 Å². The molecule has 6 heteroatoms. The number of aryl methyl sites for hydroxylation is 2. The lowest BCUT2D eigenvalue weighted by molar-refractivity contribution is -0.123. The van der Waals surface area contributed by atoms with Crippen LogP contribution in [0.1, 0.15) is 36.1 Å². The highest BCUT2D eigenvalue weighted by molar-refractivity contribution is 7.90. The van der Waals surface area contributed by atoms with E-state index in [1.54, 1.807) is 24.3 Å². The maximum absolute atomic E-state index is 12.2. The van der Waals surface area contributed by atoms with E-state index in [-0.39, 0.29) is 23.5 Å². The molecule has 1 amide bonds. The molecule has 0 aliphatic heterocycles. The highest BCUT2D eigenvalue weighted by Crippen LogP contribution is 2.20. The Kier molecular flexibility index (Phi) is 6.42. The van der Waals surface area contributed by atoms with Crippen LogP contribution in [0.2, 0.25) is 0 Å². The second-order valence-corrected chi connectivity index (χ2v) is 8.42.